The summed E-state index contributed by atoms with van der Waals surface area (Å²) in [6.07, 6.45) is 2.73. The van der Waals surface area contributed by atoms with Crippen LogP contribution in [0.4, 0.5) is 0 Å². The fourth-order valence-electron chi connectivity index (χ4n) is 3.40. The molecular formula is C22H24N6O3S. The minimum atomic E-state index is -0.0959. The lowest BCUT2D eigenvalue weighted by atomic mass is 10.1. The fraction of sp³-hybridized carbons (Fsp3) is 0.227. The lowest BCUT2D eigenvalue weighted by Gasteiger charge is -2.10. The molecule has 4 N–H and O–H groups in total. The van der Waals surface area contributed by atoms with Gasteiger partial charge < -0.3 is 25.6 Å². The van der Waals surface area contributed by atoms with E-state index in [1.54, 1.807) is 32.4 Å². The number of hydrogen-bond acceptors (Lipinski definition) is 7. The van der Waals surface area contributed by atoms with Crippen molar-refractivity contribution in [3.8, 4) is 22.9 Å². The summed E-state index contributed by atoms with van der Waals surface area (Å²) in [4.78, 5) is 15.5. The Morgan fingerprint density at radius 1 is 1.19 bits per heavy atom. The second-order valence-corrected chi connectivity index (χ2v) is 7.93. The van der Waals surface area contributed by atoms with Gasteiger partial charge in [-0.05, 0) is 30.2 Å². The fourth-order valence-corrected chi connectivity index (χ4v) is 4.08. The van der Waals surface area contributed by atoms with Gasteiger partial charge in [-0.2, -0.15) is 0 Å². The molecule has 0 aliphatic rings. The van der Waals surface area contributed by atoms with E-state index >= 15 is 0 Å². The predicted octanol–water partition coefficient (Wildman–Crippen LogP) is 2.61. The third kappa shape index (κ3) is 4.50. The van der Waals surface area contributed by atoms with Crippen molar-refractivity contribution in [3.63, 3.8) is 0 Å². The molecule has 9 nitrogen and oxygen atoms in total. The van der Waals surface area contributed by atoms with Gasteiger partial charge in [-0.3, -0.25) is 4.79 Å². The van der Waals surface area contributed by atoms with Crippen LogP contribution in [0.1, 0.15) is 5.56 Å². The molecule has 4 rings (SSSR count). The summed E-state index contributed by atoms with van der Waals surface area (Å²) >= 11 is 1.22. The quantitative estimate of drug-likeness (QED) is 0.264. The van der Waals surface area contributed by atoms with E-state index in [1.165, 1.54) is 27.4 Å². The number of thioether (sulfide) groups is 1. The Morgan fingerprint density at radius 2 is 2.03 bits per heavy atom. The second kappa shape index (κ2) is 9.65. The average molecular weight is 453 g/mol. The standard InChI is InChI=1S/C22H24N6O3S/c1-30-15-7-8-17(19(11-15)31-2)21-26-27-22(28(21)23)32-13-20(29)24-10-9-14-12-25-18-6-4-3-5-16(14)18/h3-8,11-12,25H,9-10,13,23H2,1-2H3,(H,24,29). The van der Waals surface area contributed by atoms with Crippen LogP contribution in [-0.2, 0) is 11.2 Å². The number of H-pyrrole nitrogens is 1. The van der Waals surface area contributed by atoms with Crippen molar-refractivity contribution in [2.75, 3.05) is 32.4 Å². The van der Waals surface area contributed by atoms with Gasteiger partial charge in [0.1, 0.15) is 11.5 Å². The van der Waals surface area contributed by atoms with E-state index in [2.05, 4.69) is 26.6 Å². The van der Waals surface area contributed by atoms with Crippen molar-refractivity contribution in [3.05, 3.63) is 54.2 Å². The van der Waals surface area contributed by atoms with Crippen molar-refractivity contribution < 1.29 is 14.3 Å². The Balaban J connectivity index is 1.33. The molecule has 0 spiro atoms. The Bertz CT molecular complexity index is 1240. The molecular weight excluding hydrogens is 428 g/mol. The normalized spacial score (nSPS) is 10.9. The smallest absolute Gasteiger partial charge is 0.230 e. The van der Waals surface area contributed by atoms with Gasteiger partial charge in [-0.25, -0.2) is 4.68 Å². The molecule has 0 saturated heterocycles. The van der Waals surface area contributed by atoms with E-state index in [0.717, 1.165) is 11.9 Å². The Labute approximate surface area is 189 Å². The number of nitrogen functional groups attached to an aromatic ring is 1. The minimum absolute atomic E-state index is 0.0959. The molecule has 0 unspecified atom stereocenters. The number of benzene rings is 2. The van der Waals surface area contributed by atoms with Gasteiger partial charge in [-0.15, -0.1) is 10.2 Å². The zero-order valence-electron chi connectivity index (χ0n) is 17.8. The summed E-state index contributed by atoms with van der Waals surface area (Å²) in [6.45, 7) is 0.546. The van der Waals surface area contributed by atoms with Crippen molar-refractivity contribution in [2.45, 2.75) is 11.6 Å². The molecule has 0 aliphatic carbocycles. The van der Waals surface area contributed by atoms with Crippen molar-refractivity contribution in [2.24, 2.45) is 0 Å². The Morgan fingerprint density at radius 3 is 2.84 bits per heavy atom. The molecule has 1 amide bonds. The number of para-hydroxylation sites is 1. The maximum atomic E-state index is 12.3. The van der Waals surface area contributed by atoms with Gasteiger partial charge in [0.2, 0.25) is 11.1 Å². The number of aromatic amines is 1. The number of rotatable bonds is 9. The SMILES string of the molecule is COc1ccc(-c2nnc(SCC(=O)NCCc3c[nH]c4ccccc34)n2N)c(OC)c1. The molecule has 4 aromatic rings. The number of ether oxygens (including phenoxy) is 2. The summed E-state index contributed by atoms with van der Waals surface area (Å²) in [5, 5.41) is 12.8. The number of nitrogens with zero attached hydrogens (tertiary/aromatic N) is 3. The molecule has 0 saturated carbocycles. The lowest BCUT2D eigenvalue weighted by molar-refractivity contribution is -0.118. The molecule has 10 heteroatoms. The number of amides is 1. The molecule has 0 radical (unpaired) electrons. The topological polar surface area (TPSA) is 120 Å². The highest BCUT2D eigenvalue weighted by Gasteiger charge is 2.17. The highest BCUT2D eigenvalue weighted by molar-refractivity contribution is 7.99. The Hall–Kier alpha value is -3.66. The van der Waals surface area contributed by atoms with Crippen molar-refractivity contribution in [1.29, 1.82) is 0 Å². The number of carbonyl (C=O) groups excluding carboxylic acids is 1. The molecule has 2 aromatic heterocycles. The van der Waals surface area contributed by atoms with Crippen LogP contribution in [0.3, 0.4) is 0 Å². The summed E-state index contributed by atoms with van der Waals surface area (Å²) in [5.41, 5.74) is 2.95. The first-order valence-corrected chi connectivity index (χ1v) is 11.0. The summed E-state index contributed by atoms with van der Waals surface area (Å²) in [5.74, 6) is 7.93. The number of fused-ring (bicyclic) bond motifs is 1. The average Bonchev–Trinajstić information content (AvgIpc) is 3.40. The zero-order chi connectivity index (χ0) is 22.5. The second-order valence-electron chi connectivity index (χ2n) is 6.99. The van der Waals surface area contributed by atoms with E-state index in [4.69, 9.17) is 15.3 Å². The van der Waals surface area contributed by atoms with Crippen molar-refractivity contribution in [1.82, 2.24) is 25.2 Å². The molecule has 2 aromatic carbocycles. The number of aromatic nitrogens is 4. The molecule has 166 valence electrons. The van der Waals surface area contributed by atoms with Gasteiger partial charge in [0.15, 0.2) is 5.82 Å². The highest BCUT2D eigenvalue weighted by atomic mass is 32.2. The van der Waals surface area contributed by atoms with Crippen LogP contribution < -0.4 is 20.6 Å². The van der Waals surface area contributed by atoms with Gasteiger partial charge in [0, 0.05) is 29.7 Å². The zero-order valence-corrected chi connectivity index (χ0v) is 18.6. The van der Waals surface area contributed by atoms with Crippen LogP contribution in [0, 0.1) is 0 Å². The van der Waals surface area contributed by atoms with Crippen LogP contribution in [-0.4, -0.2) is 52.3 Å². The number of nitrogens with one attached hydrogen (secondary N) is 2. The van der Waals surface area contributed by atoms with Gasteiger partial charge in [-0.1, -0.05) is 30.0 Å². The number of methoxy groups -OCH3 is 2. The first kappa shape index (κ1) is 21.6. The van der Waals surface area contributed by atoms with Crippen LogP contribution in [0.25, 0.3) is 22.3 Å². The Kier molecular flexibility index (Phi) is 6.50. The molecule has 2 heterocycles. The van der Waals surface area contributed by atoms with E-state index in [0.29, 0.717) is 34.6 Å². The van der Waals surface area contributed by atoms with Crippen LogP contribution in [0.2, 0.25) is 0 Å². The van der Waals surface area contributed by atoms with Gasteiger partial charge >= 0.3 is 0 Å². The molecule has 0 aliphatic heterocycles. The number of hydrogen-bond donors (Lipinski definition) is 3. The summed E-state index contributed by atoms with van der Waals surface area (Å²) in [7, 11) is 3.14. The maximum Gasteiger partial charge on any atom is 0.230 e. The first-order chi connectivity index (χ1) is 15.6. The van der Waals surface area contributed by atoms with Gasteiger partial charge in [0.05, 0.1) is 25.5 Å². The molecule has 0 atom stereocenters. The number of carbonyl (C=O) groups is 1. The number of nitrogens with two attached hydrogens (primary N) is 1. The monoisotopic (exact) mass is 452 g/mol. The molecule has 0 bridgehead atoms. The van der Waals surface area contributed by atoms with Crippen LogP contribution >= 0.6 is 11.8 Å². The van der Waals surface area contributed by atoms with E-state index in [-0.39, 0.29) is 11.7 Å². The summed E-state index contributed by atoms with van der Waals surface area (Å²) in [6, 6.07) is 13.5. The molecule has 32 heavy (non-hydrogen) atoms. The van der Waals surface area contributed by atoms with Crippen LogP contribution in [0.5, 0.6) is 11.5 Å². The summed E-state index contributed by atoms with van der Waals surface area (Å²) < 4.78 is 12.0. The third-order valence-electron chi connectivity index (χ3n) is 5.04. The molecule has 0 fully saturated rings. The first-order valence-electron chi connectivity index (χ1n) is 9.98. The van der Waals surface area contributed by atoms with Gasteiger partial charge in [0.25, 0.3) is 0 Å². The maximum absolute atomic E-state index is 12.3. The predicted molar refractivity (Wildman–Crippen MR) is 124 cm³/mol. The minimum Gasteiger partial charge on any atom is -0.497 e. The lowest BCUT2D eigenvalue weighted by Crippen LogP contribution is -2.27. The van der Waals surface area contributed by atoms with Crippen molar-refractivity contribution >= 4 is 28.6 Å². The highest BCUT2D eigenvalue weighted by Crippen LogP contribution is 2.32. The van der Waals surface area contributed by atoms with E-state index in [9.17, 15) is 4.79 Å². The largest absolute Gasteiger partial charge is 0.497 e. The van der Waals surface area contributed by atoms with E-state index < -0.39 is 0 Å². The van der Waals surface area contributed by atoms with Crippen LogP contribution in [0.15, 0.2) is 53.8 Å². The third-order valence-corrected chi connectivity index (χ3v) is 5.98. The van der Waals surface area contributed by atoms with E-state index in [1.807, 2.05) is 24.4 Å².